The Kier molecular flexibility index (Phi) is 11.0. The van der Waals surface area contributed by atoms with Crippen LogP contribution >= 0.6 is 0 Å². The van der Waals surface area contributed by atoms with Gasteiger partial charge in [-0.1, -0.05) is 45.4 Å². The molecule has 0 aliphatic heterocycles. The predicted octanol–water partition coefficient (Wildman–Crippen LogP) is 3.95. The molecule has 3 N–H and O–H groups in total. The number of benzene rings is 1. The molecule has 3 unspecified atom stereocenters. The number of nitrogens with one attached hydrogen (secondary N) is 2. The van der Waals surface area contributed by atoms with E-state index in [2.05, 4.69) is 10.6 Å². The molecule has 3 atom stereocenters. The van der Waals surface area contributed by atoms with Gasteiger partial charge < -0.3 is 25.4 Å². The van der Waals surface area contributed by atoms with Crippen molar-refractivity contribution in [2.45, 2.75) is 92.0 Å². The van der Waals surface area contributed by atoms with E-state index in [1.54, 1.807) is 59.7 Å². The minimum Gasteiger partial charge on any atom is -0.507 e. The van der Waals surface area contributed by atoms with Crippen molar-refractivity contribution in [1.82, 2.24) is 15.5 Å². The number of hydrogen-bond donors (Lipinski definition) is 3. The van der Waals surface area contributed by atoms with Crippen molar-refractivity contribution < 1.29 is 24.2 Å². The van der Waals surface area contributed by atoms with E-state index in [1.165, 1.54) is 0 Å². The zero-order valence-electron chi connectivity index (χ0n) is 22.1. The fraction of sp³-hybridized carbons (Fsp3) is 0.615. The van der Waals surface area contributed by atoms with E-state index in [0.29, 0.717) is 5.56 Å². The maximum Gasteiger partial charge on any atom is 0.408 e. The minimum absolute atomic E-state index is 0.132. The van der Waals surface area contributed by atoms with Crippen molar-refractivity contribution in [1.29, 1.82) is 5.26 Å². The maximum atomic E-state index is 13.7. The number of nitriles is 1. The number of ether oxygens (including phenoxy) is 1. The van der Waals surface area contributed by atoms with Gasteiger partial charge in [-0.25, -0.2) is 4.79 Å². The molecule has 9 heteroatoms. The van der Waals surface area contributed by atoms with E-state index < -0.39 is 42.1 Å². The molecule has 1 aromatic rings. The molecular formula is C26H40N4O5. The number of alkyl carbamates (subject to hydrolysis) is 1. The Hall–Kier alpha value is -3.28. The highest BCUT2D eigenvalue weighted by atomic mass is 16.6. The fourth-order valence-electron chi connectivity index (χ4n) is 3.68. The van der Waals surface area contributed by atoms with E-state index in [9.17, 15) is 24.8 Å². The van der Waals surface area contributed by atoms with E-state index in [-0.39, 0.29) is 23.3 Å². The summed E-state index contributed by atoms with van der Waals surface area (Å²) in [6.07, 6.45) is 0.786. The smallest absolute Gasteiger partial charge is 0.408 e. The van der Waals surface area contributed by atoms with Crippen LogP contribution in [0.1, 0.15) is 78.5 Å². The summed E-state index contributed by atoms with van der Waals surface area (Å²) in [5.74, 6) is -1.65. The fourth-order valence-corrected chi connectivity index (χ4v) is 3.68. The van der Waals surface area contributed by atoms with Crippen molar-refractivity contribution in [2.75, 3.05) is 6.54 Å². The summed E-state index contributed by atoms with van der Waals surface area (Å²) in [6.45, 7) is 13.7. The molecule has 0 spiro atoms. The number of hydrogen-bond acceptors (Lipinski definition) is 6. The largest absolute Gasteiger partial charge is 0.507 e. The number of carbonyl (C=O) groups is 3. The molecule has 35 heavy (non-hydrogen) atoms. The molecule has 0 saturated carbocycles. The first-order valence-corrected chi connectivity index (χ1v) is 12.0. The summed E-state index contributed by atoms with van der Waals surface area (Å²) in [6, 6.07) is 4.35. The van der Waals surface area contributed by atoms with Crippen LogP contribution in [0.15, 0.2) is 18.2 Å². The van der Waals surface area contributed by atoms with Gasteiger partial charge in [-0.3, -0.25) is 9.59 Å². The molecule has 3 amide bonds. The number of rotatable bonds is 10. The van der Waals surface area contributed by atoms with Crippen LogP contribution in [0.5, 0.6) is 5.75 Å². The normalized spacial score (nSPS) is 13.8. The van der Waals surface area contributed by atoms with Crippen molar-refractivity contribution in [3.63, 3.8) is 0 Å². The van der Waals surface area contributed by atoms with Crippen LogP contribution < -0.4 is 10.6 Å². The number of phenols is 1. The lowest BCUT2D eigenvalue weighted by Gasteiger charge is -2.35. The third kappa shape index (κ3) is 8.78. The second kappa shape index (κ2) is 13.0. The first kappa shape index (κ1) is 29.8. The van der Waals surface area contributed by atoms with Crippen LogP contribution in [0, 0.1) is 24.2 Å². The monoisotopic (exact) mass is 488 g/mol. The van der Waals surface area contributed by atoms with Gasteiger partial charge in [-0.05, 0) is 52.5 Å². The van der Waals surface area contributed by atoms with Gasteiger partial charge in [0.25, 0.3) is 0 Å². The van der Waals surface area contributed by atoms with Crippen LogP contribution in [0.2, 0.25) is 0 Å². The van der Waals surface area contributed by atoms with E-state index in [4.69, 9.17) is 4.74 Å². The molecule has 0 heterocycles. The molecule has 0 aliphatic carbocycles. The number of aromatic hydroxyl groups is 1. The molecule has 9 nitrogen and oxygen atoms in total. The summed E-state index contributed by atoms with van der Waals surface area (Å²) < 4.78 is 5.31. The van der Waals surface area contributed by atoms with Crippen molar-refractivity contribution in [3.8, 4) is 11.8 Å². The zero-order chi connectivity index (χ0) is 26.9. The van der Waals surface area contributed by atoms with Crippen LogP contribution in [0.25, 0.3) is 0 Å². The number of para-hydroxylation sites is 1. The van der Waals surface area contributed by atoms with Crippen molar-refractivity contribution in [2.24, 2.45) is 5.92 Å². The predicted molar refractivity (Wildman–Crippen MR) is 133 cm³/mol. The topological polar surface area (TPSA) is 132 Å². The van der Waals surface area contributed by atoms with Crippen molar-refractivity contribution in [3.05, 3.63) is 29.3 Å². The molecule has 1 aromatic carbocycles. The Morgan fingerprint density at radius 2 is 1.80 bits per heavy atom. The van der Waals surface area contributed by atoms with Gasteiger partial charge in [-0.2, -0.15) is 5.26 Å². The van der Waals surface area contributed by atoms with E-state index in [0.717, 1.165) is 17.7 Å². The number of aryl methyl sites for hydroxylation is 1. The highest BCUT2D eigenvalue weighted by Crippen LogP contribution is 2.32. The third-order valence-corrected chi connectivity index (χ3v) is 5.36. The molecule has 0 aliphatic rings. The van der Waals surface area contributed by atoms with E-state index in [1.807, 2.05) is 19.9 Å². The van der Waals surface area contributed by atoms with Gasteiger partial charge in [-0.15, -0.1) is 0 Å². The molecule has 0 bridgehead atoms. The number of phenolic OH excluding ortho intramolecular Hbond substituents is 1. The SMILES string of the molecule is CCCC(C)NC(=O)C(c1cccc(C)c1O)N(CC#N)C(=O)C(NC(=O)OC(C)(C)C)C(C)C. The molecule has 1 rings (SSSR count). The first-order valence-electron chi connectivity index (χ1n) is 12.0. The van der Waals surface area contributed by atoms with Crippen molar-refractivity contribution >= 4 is 17.9 Å². The van der Waals surface area contributed by atoms with Gasteiger partial charge in [0.1, 0.15) is 30.0 Å². The van der Waals surface area contributed by atoms with Gasteiger partial charge in [0.05, 0.1) is 6.07 Å². The van der Waals surface area contributed by atoms with Crippen LogP contribution in [-0.4, -0.2) is 52.1 Å². The summed E-state index contributed by atoms with van der Waals surface area (Å²) in [7, 11) is 0. The summed E-state index contributed by atoms with van der Waals surface area (Å²) in [5.41, 5.74) is -0.0419. The van der Waals surface area contributed by atoms with Gasteiger partial charge in [0.15, 0.2) is 0 Å². The molecule has 0 saturated heterocycles. The number of nitrogens with zero attached hydrogens (tertiary/aromatic N) is 2. The Labute approximate surface area is 208 Å². The first-order chi connectivity index (χ1) is 16.2. The van der Waals surface area contributed by atoms with Gasteiger partial charge in [0.2, 0.25) is 11.8 Å². The molecule has 0 aromatic heterocycles. The Bertz CT molecular complexity index is 933. The third-order valence-electron chi connectivity index (χ3n) is 5.36. The van der Waals surface area contributed by atoms with Crippen LogP contribution in [0.3, 0.4) is 0 Å². The minimum atomic E-state index is -1.27. The molecule has 0 radical (unpaired) electrons. The molecular weight excluding hydrogens is 448 g/mol. The highest BCUT2D eigenvalue weighted by Gasteiger charge is 2.39. The Morgan fingerprint density at radius 3 is 2.31 bits per heavy atom. The Morgan fingerprint density at radius 1 is 1.17 bits per heavy atom. The summed E-state index contributed by atoms with van der Waals surface area (Å²) in [4.78, 5) is 40.8. The summed E-state index contributed by atoms with van der Waals surface area (Å²) in [5, 5.41) is 25.8. The zero-order valence-corrected chi connectivity index (χ0v) is 22.1. The maximum absolute atomic E-state index is 13.7. The van der Waals surface area contributed by atoms with Crippen LogP contribution in [0.4, 0.5) is 4.79 Å². The molecule has 0 fully saturated rings. The average molecular weight is 489 g/mol. The Balaban J connectivity index is 3.51. The summed E-state index contributed by atoms with van der Waals surface area (Å²) >= 11 is 0. The van der Waals surface area contributed by atoms with Gasteiger partial charge in [0, 0.05) is 11.6 Å². The van der Waals surface area contributed by atoms with Gasteiger partial charge >= 0.3 is 6.09 Å². The highest BCUT2D eigenvalue weighted by molar-refractivity contribution is 5.93. The van der Waals surface area contributed by atoms with Crippen LogP contribution in [-0.2, 0) is 14.3 Å². The lowest BCUT2D eigenvalue weighted by atomic mass is 9.97. The standard InChI is InChI=1S/C26H40N4O5/c1-9-11-18(5)28-23(32)21(19-13-10-12-17(4)22(19)31)30(15-14-27)24(33)20(16(2)3)29-25(34)35-26(6,7)8/h10,12-13,16,18,20-21,31H,9,11,15H2,1-8H3,(H,28,32)(H,29,34). The second-order valence-corrected chi connectivity index (χ2v) is 10.1. The second-order valence-electron chi connectivity index (χ2n) is 10.1. The quantitative estimate of drug-likeness (QED) is 0.427. The van der Waals surface area contributed by atoms with E-state index >= 15 is 0 Å². The molecule has 194 valence electrons. The lowest BCUT2D eigenvalue weighted by molar-refractivity contribution is -0.142. The average Bonchev–Trinajstić information content (AvgIpc) is 2.72. The number of amides is 3. The number of carbonyl (C=O) groups excluding carboxylic acids is 3. The lowest BCUT2D eigenvalue weighted by Crippen LogP contribution is -2.55.